The van der Waals surface area contributed by atoms with Crippen LogP contribution in [-0.4, -0.2) is 11.0 Å². The van der Waals surface area contributed by atoms with Gasteiger partial charge in [-0.05, 0) is 33.8 Å². The lowest BCUT2D eigenvalue weighted by Gasteiger charge is -2.20. The van der Waals surface area contributed by atoms with E-state index in [1.165, 1.54) is 17.4 Å². The molecule has 1 aromatic heterocycles. The van der Waals surface area contributed by atoms with Crippen LogP contribution >= 0.6 is 11.3 Å². The minimum Gasteiger partial charge on any atom is -0.302 e. The molecule has 5 heteroatoms. The molecule has 108 valence electrons. The summed E-state index contributed by atoms with van der Waals surface area (Å²) in [6.07, 6.45) is 0. The maximum absolute atomic E-state index is 14.1. The van der Waals surface area contributed by atoms with E-state index in [0.717, 1.165) is 21.6 Å². The Kier molecular flexibility index (Phi) is 4.50. The van der Waals surface area contributed by atoms with Gasteiger partial charge in [-0.2, -0.15) is 0 Å². The Morgan fingerprint density at radius 2 is 1.90 bits per heavy atom. The monoisotopic (exact) mass is 296 g/mol. The first kappa shape index (κ1) is 15.1. The molecule has 1 atom stereocenters. The fourth-order valence-corrected chi connectivity index (χ4v) is 2.99. The van der Waals surface area contributed by atoms with Gasteiger partial charge in [-0.15, -0.1) is 11.3 Å². The van der Waals surface area contributed by atoms with E-state index in [1.54, 1.807) is 6.07 Å². The lowest BCUT2D eigenvalue weighted by atomic mass is 10.1. The Balaban J connectivity index is 2.49. The van der Waals surface area contributed by atoms with Crippen LogP contribution < -0.4 is 5.32 Å². The summed E-state index contributed by atoms with van der Waals surface area (Å²) in [5, 5.41) is 4.02. The molecule has 2 nitrogen and oxygen atoms in total. The molecule has 1 aromatic carbocycles. The van der Waals surface area contributed by atoms with Gasteiger partial charge in [0, 0.05) is 16.5 Å². The summed E-state index contributed by atoms with van der Waals surface area (Å²) in [6, 6.07) is 3.96. The molecule has 0 aliphatic heterocycles. The van der Waals surface area contributed by atoms with E-state index in [0.29, 0.717) is 5.56 Å². The van der Waals surface area contributed by atoms with Crippen molar-refractivity contribution in [3.8, 4) is 0 Å². The lowest BCUT2D eigenvalue weighted by Crippen LogP contribution is -2.29. The van der Waals surface area contributed by atoms with Crippen LogP contribution in [-0.2, 0) is 0 Å². The molecule has 0 bridgehead atoms. The van der Waals surface area contributed by atoms with Crippen LogP contribution in [0.1, 0.15) is 41.0 Å². The summed E-state index contributed by atoms with van der Waals surface area (Å²) in [7, 11) is 0. The first-order valence-electron chi connectivity index (χ1n) is 6.54. The van der Waals surface area contributed by atoms with Gasteiger partial charge in [0.25, 0.3) is 0 Å². The topological polar surface area (TPSA) is 24.9 Å². The molecule has 2 rings (SSSR count). The number of benzene rings is 1. The fourth-order valence-electron chi connectivity index (χ4n) is 1.99. The molecule has 0 radical (unpaired) electrons. The van der Waals surface area contributed by atoms with Gasteiger partial charge >= 0.3 is 0 Å². The molecule has 0 aliphatic carbocycles. The van der Waals surface area contributed by atoms with Crippen LogP contribution in [0.15, 0.2) is 18.2 Å². The molecule has 20 heavy (non-hydrogen) atoms. The third-order valence-corrected chi connectivity index (χ3v) is 4.22. The van der Waals surface area contributed by atoms with Crippen molar-refractivity contribution in [2.24, 2.45) is 0 Å². The van der Waals surface area contributed by atoms with Crippen LogP contribution in [0.3, 0.4) is 0 Å². The summed E-state index contributed by atoms with van der Waals surface area (Å²) in [6.45, 7) is 7.84. The smallest absolute Gasteiger partial charge is 0.164 e. The van der Waals surface area contributed by atoms with Crippen LogP contribution in [0.4, 0.5) is 8.78 Å². The van der Waals surface area contributed by atoms with E-state index in [1.807, 2.05) is 27.7 Å². The molecule has 0 amide bonds. The minimum absolute atomic E-state index is 0.132. The molecule has 0 aliphatic rings. The number of thiazole rings is 1. The van der Waals surface area contributed by atoms with Crippen molar-refractivity contribution >= 4 is 11.3 Å². The van der Waals surface area contributed by atoms with Gasteiger partial charge in [0.05, 0.1) is 11.7 Å². The SMILES string of the molecule is Cc1nc(C(NC(C)C)c2cccc(F)c2F)sc1C. The third kappa shape index (κ3) is 3.04. The van der Waals surface area contributed by atoms with Gasteiger partial charge in [-0.1, -0.05) is 12.1 Å². The largest absolute Gasteiger partial charge is 0.302 e. The predicted molar refractivity (Wildman–Crippen MR) is 78.1 cm³/mol. The summed E-state index contributed by atoms with van der Waals surface area (Å²) in [4.78, 5) is 5.57. The van der Waals surface area contributed by atoms with Gasteiger partial charge in [-0.3, -0.25) is 0 Å². The van der Waals surface area contributed by atoms with Gasteiger partial charge in [0.2, 0.25) is 0 Å². The molecule has 2 aromatic rings. The van der Waals surface area contributed by atoms with E-state index in [9.17, 15) is 8.78 Å². The van der Waals surface area contributed by atoms with Crippen molar-refractivity contribution in [1.82, 2.24) is 10.3 Å². The highest BCUT2D eigenvalue weighted by molar-refractivity contribution is 7.11. The minimum atomic E-state index is -0.831. The van der Waals surface area contributed by atoms with E-state index < -0.39 is 17.7 Å². The zero-order valence-electron chi connectivity index (χ0n) is 12.0. The van der Waals surface area contributed by atoms with Crippen LogP contribution in [0, 0.1) is 25.5 Å². The average molecular weight is 296 g/mol. The first-order valence-corrected chi connectivity index (χ1v) is 7.35. The van der Waals surface area contributed by atoms with Gasteiger partial charge in [-0.25, -0.2) is 13.8 Å². The summed E-state index contributed by atoms with van der Waals surface area (Å²) in [5.74, 6) is -1.64. The summed E-state index contributed by atoms with van der Waals surface area (Å²) < 4.78 is 27.5. The van der Waals surface area contributed by atoms with Crippen molar-refractivity contribution < 1.29 is 8.78 Å². The van der Waals surface area contributed by atoms with Crippen molar-refractivity contribution in [2.45, 2.75) is 39.8 Å². The molecule has 1 unspecified atom stereocenters. The van der Waals surface area contributed by atoms with Crippen LogP contribution in [0.5, 0.6) is 0 Å². The van der Waals surface area contributed by atoms with E-state index in [-0.39, 0.29) is 6.04 Å². The quantitative estimate of drug-likeness (QED) is 0.918. The van der Waals surface area contributed by atoms with Crippen molar-refractivity contribution in [3.63, 3.8) is 0 Å². The Bertz CT molecular complexity index is 588. The number of hydrogen-bond donors (Lipinski definition) is 1. The second kappa shape index (κ2) is 5.97. The summed E-state index contributed by atoms with van der Waals surface area (Å²) >= 11 is 1.51. The highest BCUT2D eigenvalue weighted by Crippen LogP contribution is 2.30. The number of aryl methyl sites for hydroxylation is 2. The standard InChI is InChI=1S/C15H18F2N2S/c1-8(2)18-14(15-19-9(3)10(4)20-15)11-6-5-7-12(16)13(11)17/h5-8,14,18H,1-4H3. The number of nitrogens with one attached hydrogen (secondary N) is 1. The molecule has 0 saturated heterocycles. The third-order valence-electron chi connectivity index (χ3n) is 3.08. The van der Waals surface area contributed by atoms with Crippen LogP contribution in [0.25, 0.3) is 0 Å². The Morgan fingerprint density at radius 3 is 2.45 bits per heavy atom. The van der Waals surface area contributed by atoms with Crippen molar-refractivity contribution in [3.05, 3.63) is 51.0 Å². The predicted octanol–water partition coefficient (Wildman–Crippen LogP) is 4.13. The van der Waals surface area contributed by atoms with Crippen molar-refractivity contribution in [2.75, 3.05) is 0 Å². The zero-order valence-corrected chi connectivity index (χ0v) is 12.8. The van der Waals surface area contributed by atoms with Gasteiger partial charge in [0.1, 0.15) is 5.01 Å². The number of halogens is 2. The molecular weight excluding hydrogens is 278 g/mol. The zero-order chi connectivity index (χ0) is 14.9. The fraction of sp³-hybridized carbons (Fsp3) is 0.400. The van der Waals surface area contributed by atoms with E-state index in [4.69, 9.17) is 0 Å². The van der Waals surface area contributed by atoms with Gasteiger partial charge in [0.15, 0.2) is 11.6 Å². The molecule has 1 heterocycles. The Labute approximate surface area is 121 Å². The highest BCUT2D eigenvalue weighted by atomic mass is 32.1. The number of aromatic nitrogens is 1. The van der Waals surface area contributed by atoms with E-state index >= 15 is 0 Å². The van der Waals surface area contributed by atoms with Crippen LogP contribution in [0.2, 0.25) is 0 Å². The highest BCUT2D eigenvalue weighted by Gasteiger charge is 2.23. The van der Waals surface area contributed by atoms with E-state index in [2.05, 4.69) is 10.3 Å². The summed E-state index contributed by atoms with van der Waals surface area (Å²) in [5.41, 5.74) is 1.23. The number of nitrogens with zero attached hydrogens (tertiary/aromatic N) is 1. The molecule has 0 fully saturated rings. The molecule has 1 N–H and O–H groups in total. The average Bonchev–Trinajstić information content (AvgIpc) is 2.70. The second-order valence-electron chi connectivity index (χ2n) is 5.09. The first-order chi connectivity index (χ1) is 9.40. The molecule has 0 spiro atoms. The molecule has 0 saturated carbocycles. The Hall–Kier alpha value is -1.33. The normalized spacial score (nSPS) is 12.9. The maximum Gasteiger partial charge on any atom is 0.164 e. The van der Waals surface area contributed by atoms with Crippen molar-refractivity contribution in [1.29, 1.82) is 0 Å². The lowest BCUT2D eigenvalue weighted by molar-refractivity contribution is 0.465. The Morgan fingerprint density at radius 1 is 1.20 bits per heavy atom. The molecular formula is C15H18F2N2S. The number of rotatable bonds is 4. The van der Waals surface area contributed by atoms with Gasteiger partial charge < -0.3 is 5.32 Å². The second-order valence-corrected chi connectivity index (χ2v) is 6.33. The maximum atomic E-state index is 14.1. The number of hydrogen-bond acceptors (Lipinski definition) is 3.